The van der Waals surface area contributed by atoms with Crippen molar-refractivity contribution < 1.29 is 19.1 Å². The minimum atomic E-state index is -0.323. The molecule has 0 aliphatic heterocycles. The molecule has 2 amide bonds. The lowest BCUT2D eigenvalue weighted by molar-refractivity contribution is -0.123. The summed E-state index contributed by atoms with van der Waals surface area (Å²) in [6.07, 6.45) is 2.51. The van der Waals surface area contributed by atoms with Crippen LogP contribution in [0.2, 0.25) is 0 Å². The molecular formula is C24H25N3O4S. The van der Waals surface area contributed by atoms with Crippen molar-refractivity contribution >= 4 is 28.3 Å². The third-order valence-electron chi connectivity index (χ3n) is 5.49. The molecule has 2 N–H and O–H groups in total. The number of rotatable bonds is 7. The van der Waals surface area contributed by atoms with Crippen LogP contribution in [0.5, 0.6) is 11.5 Å². The number of amides is 2. The highest BCUT2D eigenvalue weighted by atomic mass is 32.1. The molecule has 0 saturated heterocycles. The van der Waals surface area contributed by atoms with E-state index in [-0.39, 0.29) is 17.7 Å². The zero-order valence-electron chi connectivity index (χ0n) is 18.0. The molecule has 0 saturated carbocycles. The first kappa shape index (κ1) is 21.8. The highest BCUT2D eigenvalue weighted by Gasteiger charge is 2.30. The van der Waals surface area contributed by atoms with Crippen molar-refractivity contribution in [2.75, 3.05) is 19.5 Å². The number of para-hydroxylation sites is 1. The predicted octanol–water partition coefficient (Wildman–Crippen LogP) is 4.15. The summed E-state index contributed by atoms with van der Waals surface area (Å²) in [5.74, 6) is 0.810. The molecule has 4 rings (SSSR count). The van der Waals surface area contributed by atoms with E-state index in [2.05, 4.69) is 15.6 Å². The summed E-state index contributed by atoms with van der Waals surface area (Å²) >= 11 is 1.44. The summed E-state index contributed by atoms with van der Waals surface area (Å²) in [7, 11) is 3.20. The highest BCUT2D eigenvalue weighted by molar-refractivity contribution is 7.16. The molecule has 0 bridgehead atoms. The molecule has 1 heterocycles. The SMILES string of the molecule is COc1ccc(C(=O)Nc2nc3c(s2)CCCC3C(=O)NCc2ccccc2OC)cc1. The number of benzene rings is 2. The predicted molar refractivity (Wildman–Crippen MR) is 124 cm³/mol. The normalized spacial score (nSPS) is 14.9. The molecule has 166 valence electrons. The van der Waals surface area contributed by atoms with E-state index < -0.39 is 0 Å². The second-order valence-electron chi connectivity index (χ2n) is 7.48. The minimum absolute atomic E-state index is 0.0600. The fourth-order valence-electron chi connectivity index (χ4n) is 3.79. The van der Waals surface area contributed by atoms with E-state index in [1.807, 2.05) is 24.3 Å². The van der Waals surface area contributed by atoms with Gasteiger partial charge in [0, 0.05) is 22.5 Å². The van der Waals surface area contributed by atoms with Crippen LogP contribution >= 0.6 is 11.3 Å². The number of nitrogens with one attached hydrogen (secondary N) is 2. The van der Waals surface area contributed by atoms with Gasteiger partial charge in [-0.3, -0.25) is 14.9 Å². The summed E-state index contributed by atoms with van der Waals surface area (Å²) < 4.78 is 10.5. The minimum Gasteiger partial charge on any atom is -0.497 e. The van der Waals surface area contributed by atoms with Crippen LogP contribution in [-0.2, 0) is 17.8 Å². The zero-order chi connectivity index (χ0) is 22.5. The van der Waals surface area contributed by atoms with Crippen LogP contribution in [0, 0.1) is 0 Å². The second-order valence-corrected chi connectivity index (χ2v) is 8.57. The Bertz CT molecular complexity index is 1110. The molecule has 3 aromatic rings. The van der Waals surface area contributed by atoms with Gasteiger partial charge >= 0.3 is 0 Å². The number of ether oxygens (including phenoxy) is 2. The first-order chi connectivity index (χ1) is 15.6. The van der Waals surface area contributed by atoms with Gasteiger partial charge in [-0.25, -0.2) is 4.98 Å². The number of thiazole rings is 1. The molecule has 32 heavy (non-hydrogen) atoms. The molecule has 1 aromatic heterocycles. The summed E-state index contributed by atoms with van der Waals surface area (Å²) in [4.78, 5) is 31.2. The van der Waals surface area contributed by atoms with Gasteiger partial charge in [-0.05, 0) is 49.6 Å². The van der Waals surface area contributed by atoms with Crippen LogP contribution in [0.3, 0.4) is 0 Å². The Morgan fingerprint density at radius 1 is 1.09 bits per heavy atom. The Balaban J connectivity index is 1.44. The number of aryl methyl sites for hydroxylation is 1. The van der Waals surface area contributed by atoms with Crippen LogP contribution in [0.4, 0.5) is 5.13 Å². The van der Waals surface area contributed by atoms with Crippen LogP contribution < -0.4 is 20.1 Å². The average molecular weight is 452 g/mol. The molecule has 0 spiro atoms. The Labute approximate surface area is 190 Å². The second kappa shape index (κ2) is 9.82. The Kier molecular flexibility index (Phi) is 6.70. The van der Waals surface area contributed by atoms with Crippen molar-refractivity contribution in [2.24, 2.45) is 0 Å². The van der Waals surface area contributed by atoms with Crippen molar-refractivity contribution in [3.05, 3.63) is 70.2 Å². The largest absolute Gasteiger partial charge is 0.497 e. The number of nitrogens with zero attached hydrogens (tertiary/aromatic N) is 1. The molecule has 2 aromatic carbocycles. The smallest absolute Gasteiger partial charge is 0.257 e. The highest BCUT2D eigenvalue weighted by Crippen LogP contribution is 2.37. The number of carbonyl (C=O) groups is 2. The van der Waals surface area contributed by atoms with Gasteiger partial charge in [0.15, 0.2) is 5.13 Å². The van der Waals surface area contributed by atoms with Crippen molar-refractivity contribution in [2.45, 2.75) is 31.7 Å². The van der Waals surface area contributed by atoms with Crippen molar-refractivity contribution in [3.8, 4) is 11.5 Å². The summed E-state index contributed by atoms with van der Waals surface area (Å²) in [5.41, 5.74) is 2.21. The Morgan fingerprint density at radius 2 is 1.88 bits per heavy atom. The fourth-order valence-corrected chi connectivity index (χ4v) is 4.85. The number of carbonyl (C=O) groups excluding carboxylic acids is 2. The van der Waals surface area contributed by atoms with E-state index in [0.717, 1.165) is 41.1 Å². The van der Waals surface area contributed by atoms with Crippen molar-refractivity contribution in [1.29, 1.82) is 0 Å². The maximum atomic E-state index is 13.0. The number of fused-ring (bicyclic) bond motifs is 1. The van der Waals surface area contributed by atoms with E-state index >= 15 is 0 Å². The van der Waals surface area contributed by atoms with Crippen molar-refractivity contribution in [1.82, 2.24) is 10.3 Å². The number of hydrogen-bond donors (Lipinski definition) is 2. The van der Waals surface area contributed by atoms with Gasteiger partial charge < -0.3 is 14.8 Å². The molecule has 1 atom stereocenters. The molecule has 1 aliphatic rings. The van der Waals surface area contributed by atoms with Gasteiger partial charge in [-0.2, -0.15) is 0 Å². The zero-order valence-corrected chi connectivity index (χ0v) is 18.8. The molecule has 8 heteroatoms. The van der Waals surface area contributed by atoms with E-state index in [4.69, 9.17) is 9.47 Å². The van der Waals surface area contributed by atoms with E-state index in [1.165, 1.54) is 11.3 Å². The van der Waals surface area contributed by atoms with Crippen LogP contribution in [0.25, 0.3) is 0 Å². The van der Waals surface area contributed by atoms with E-state index in [0.29, 0.717) is 23.0 Å². The topological polar surface area (TPSA) is 89.5 Å². The summed E-state index contributed by atoms with van der Waals surface area (Å²) in [5, 5.41) is 6.40. The van der Waals surface area contributed by atoms with Crippen LogP contribution in [0.15, 0.2) is 48.5 Å². The first-order valence-electron chi connectivity index (χ1n) is 10.4. The Morgan fingerprint density at radius 3 is 2.62 bits per heavy atom. The quantitative estimate of drug-likeness (QED) is 0.563. The maximum Gasteiger partial charge on any atom is 0.257 e. The molecule has 0 fully saturated rings. The van der Waals surface area contributed by atoms with Gasteiger partial charge in [-0.15, -0.1) is 11.3 Å². The lowest BCUT2D eigenvalue weighted by Crippen LogP contribution is -2.31. The Hall–Kier alpha value is -3.39. The average Bonchev–Trinajstić information content (AvgIpc) is 3.25. The number of methoxy groups -OCH3 is 2. The lowest BCUT2D eigenvalue weighted by Gasteiger charge is -2.20. The lowest BCUT2D eigenvalue weighted by atomic mass is 9.90. The molecule has 1 aliphatic carbocycles. The molecule has 7 nitrogen and oxygen atoms in total. The summed E-state index contributed by atoms with van der Waals surface area (Å²) in [6, 6.07) is 14.5. The summed E-state index contributed by atoms with van der Waals surface area (Å²) in [6.45, 7) is 0.389. The number of aromatic nitrogens is 1. The maximum absolute atomic E-state index is 13.0. The molecule has 1 unspecified atom stereocenters. The third kappa shape index (κ3) is 4.75. The molecule has 0 radical (unpaired) electrons. The van der Waals surface area contributed by atoms with Gasteiger partial charge in [0.2, 0.25) is 5.91 Å². The monoisotopic (exact) mass is 451 g/mol. The number of hydrogen-bond acceptors (Lipinski definition) is 6. The standard InChI is InChI=1S/C24H25N3O4S/c1-30-17-12-10-15(11-13-17)22(28)27-24-26-21-18(7-5-9-20(21)32-24)23(29)25-14-16-6-3-4-8-19(16)31-2/h3-4,6,8,10-13,18H,5,7,9,14H2,1-2H3,(H,25,29)(H,26,27,28). The van der Waals surface area contributed by atoms with Gasteiger partial charge in [0.1, 0.15) is 11.5 Å². The van der Waals surface area contributed by atoms with E-state index in [1.54, 1.807) is 38.5 Å². The van der Waals surface area contributed by atoms with Gasteiger partial charge in [-0.1, -0.05) is 18.2 Å². The van der Waals surface area contributed by atoms with E-state index in [9.17, 15) is 9.59 Å². The number of anilines is 1. The third-order valence-corrected chi connectivity index (χ3v) is 6.54. The van der Waals surface area contributed by atoms with Gasteiger partial charge in [0.25, 0.3) is 5.91 Å². The van der Waals surface area contributed by atoms with Crippen LogP contribution in [-0.4, -0.2) is 31.0 Å². The first-order valence-corrected chi connectivity index (χ1v) is 11.2. The van der Waals surface area contributed by atoms with Crippen LogP contribution in [0.1, 0.15) is 45.3 Å². The molecular weight excluding hydrogens is 426 g/mol. The van der Waals surface area contributed by atoms with Gasteiger partial charge in [0.05, 0.1) is 25.8 Å². The van der Waals surface area contributed by atoms with Crippen molar-refractivity contribution in [3.63, 3.8) is 0 Å². The fraction of sp³-hybridized carbons (Fsp3) is 0.292.